The molecule has 0 aliphatic heterocycles. The fourth-order valence-electron chi connectivity index (χ4n) is 13.4. The van der Waals surface area contributed by atoms with Gasteiger partial charge in [-0.15, -0.1) is 0 Å². The molecule has 15 rings (SSSR count). The molecular formula is C111H104Br2Cl3Li2N5O25+2. The van der Waals surface area contributed by atoms with Crippen LogP contribution >= 0.6 is 66.7 Å². The van der Waals surface area contributed by atoms with Crippen LogP contribution in [0.15, 0.2) is 321 Å². The molecule has 0 bridgehead atoms. The first-order valence-corrected chi connectivity index (χ1v) is 47.5. The van der Waals surface area contributed by atoms with Crippen molar-refractivity contribution in [2.75, 3.05) is 33.5 Å². The van der Waals surface area contributed by atoms with Gasteiger partial charge in [0.05, 0.1) is 38.4 Å². The van der Waals surface area contributed by atoms with Crippen molar-refractivity contribution in [3.05, 3.63) is 370 Å². The molecule has 0 spiro atoms. The molecule has 10 N–H and O–H groups in total. The van der Waals surface area contributed by atoms with Crippen molar-refractivity contribution < 1.29 is 157 Å². The summed E-state index contributed by atoms with van der Waals surface area (Å²) in [6, 6.07) is 55.6. The van der Waals surface area contributed by atoms with Crippen LogP contribution in [0.5, 0.6) is 57.5 Å². The van der Waals surface area contributed by atoms with E-state index in [1.54, 1.807) is 144 Å². The van der Waals surface area contributed by atoms with Crippen LogP contribution in [0.25, 0.3) is 85.2 Å². The summed E-state index contributed by atoms with van der Waals surface area (Å²) in [7, 11) is 1.51. The second kappa shape index (κ2) is 60.1. The van der Waals surface area contributed by atoms with Crippen LogP contribution in [0.1, 0.15) is 111 Å². The third-order valence-corrected chi connectivity index (χ3v) is 22.4. The Labute approximate surface area is 908 Å². The molecule has 0 radical (unpaired) electrons. The van der Waals surface area contributed by atoms with Gasteiger partial charge in [0.1, 0.15) is 59.5 Å². The third-order valence-electron chi connectivity index (χ3n) is 20.6. The molecular weight excluding hydrogens is 2080 g/mol. The van der Waals surface area contributed by atoms with Crippen LogP contribution in [0.2, 0.25) is 15.1 Å². The molecule has 148 heavy (non-hydrogen) atoms. The summed E-state index contributed by atoms with van der Waals surface area (Å²) in [4.78, 5) is 57.3. The van der Waals surface area contributed by atoms with Gasteiger partial charge < -0.3 is 69.5 Å². The van der Waals surface area contributed by atoms with Gasteiger partial charge in [0.25, 0.3) is 29.5 Å². The quantitative estimate of drug-likeness (QED) is 0.00565. The molecule has 0 aliphatic carbocycles. The molecule has 5 heterocycles. The zero-order chi connectivity index (χ0) is 105. The van der Waals surface area contributed by atoms with Crippen molar-refractivity contribution in [1.82, 2.24) is 27.4 Å². The van der Waals surface area contributed by atoms with Gasteiger partial charge in [0.15, 0.2) is 56.7 Å². The van der Waals surface area contributed by atoms with E-state index < -0.39 is 29.5 Å². The Morgan fingerprint density at radius 3 is 0.642 bits per heavy atom. The van der Waals surface area contributed by atoms with Gasteiger partial charge in [0, 0.05) is 109 Å². The molecule has 10 aromatic carbocycles. The average molecular weight is 2190 g/mol. The van der Waals surface area contributed by atoms with Gasteiger partial charge in [-0.1, -0.05) is 150 Å². The van der Waals surface area contributed by atoms with Gasteiger partial charge in [0.2, 0.25) is 28.7 Å². The molecule has 0 atom stereocenters. The van der Waals surface area contributed by atoms with E-state index in [2.05, 4.69) is 31.9 Å². The van der Waals surface area contributed by atoms with Crippen molar-refractivity contribution in [2.45, 2.75) is 88.4 Å². The fraction of sp³-hybridized carbons (Fsp3) is 0.162. The number of halogens is 5. The molecule has 0 fully saturated rings. The molecule has 37 heteroatoms. The minimum absolute atomic E-state index is 0. The average Bonchev–Trinajstić information content (AvgIpc) is 1.59. The second-order valence-electron chi connectivity index (χ2n) is 32.5. The molecule has 758 valence electrons. The second-order valence-corrected chi connectivity index (χ2v) is 35.7. The fourth-order valence-corrected chi connectivity index (χ4v) is 14.3. The van der Waals surface area contributed by atoms with Crippen molar-refractivity contribution >= 4 is 181 Å². The largest absolute Gasteiger partial charge is 1.00 e. The molecule has 5 aromatic heterocycles. The van der Waals surface area contributed by atoms with Crippen molar-refractivity contribution in [1.29, 1.82) is 0 Å². The topological polar surface area (TPSA) is 405 Å². The SMILES string of the molecule is CC(C)=CCOc1c(OCc2ccc(Br)cc2)c(/C=C/C(=O)NO)cc2ccoc12.CC(C)=CCOc1c(OCc2ccc(Br)cc2)c(/C=C/C(=O)NO)cc2ccoc12.CC(C)=CCOc1c(OCc2ccc(Cl)cc2)c(/C=C/C(=O)NO)cc2ccoc12.CC(C)=CCOc1c(OCc2ccc(Cl)cc2)c(/C=C/C(=O)NO)cc2ccoc12.COc1c(OCc2ccc(Cl)cc2)c(/C=C/C(=O)NO)cc2ccoc12.[Li+].[Li+]. The number of fused-ring (bicyclic) bond motifs is 5. The Morgan fingerprint density at radius 1 is 0.277 bits per heavy atom. The molecule has 0 unspecified atom stereocenters. The summed E-state index contributed by atoms with van der Waals surface area (Å²) < 4.78 is 89.9. The summed E-state index contributed by atoms with van der Waals surface area (Å²) in [5.74, 6) is 1.13. The molecule has 15 aromatic rings. The van der Waals surface area contributed by atoms with E-state index in [9.17, 15) is 24.0 Å². The van der Waals surface area contributed by atoms with E-state index in [4.69, 9.17) is 130 Å². The molecule has 0 aliphatic rings. The van der Waals surface area contributed by atoms with Crippen LogP contribution in [0.4, 0.5) is 0 Å². The Kier molecular flexibility index (Phi) is 47.6. The number of benzene rings is 10. The maximum absolute atomic E-state index is 11.5. The molecule has 5 amide bonds. The number of furan rings is 5. The maximum atomic E-state index is 11.5. The van der Waals surface area contributed by atoms with Crippen molar-refractivity contribution in [3.8, 4) is 57.5 Å². The number of hydroxylamine groups is 5. The molecule has 0 saturated carbocycles. The first kappa shape index (κ1) is 117. The normalized spacial score (nSPS) is 10.8. The predicted octanol–water partition coefficient (Wildman–Crippen LogP) is 20.5. The van der Waals surface area contributed by atoms with E-state index in [1.807, 2.05) is 201 Å². The van der Waals surface area contributed by atoms with E-state index in [0.29, 0.717) is 168 Å². The summed E-state index contributed by atoms with van der Waals surface area (Å²) in [5, 5.41) is 49.7. The smallest absolute Gasteiger partial charge is 0.490 e. The number of allylic oxidation sites excluding steroid dienone is 4. The number of carbonyl (C=O) groups excluding carboxylic acids is 5. The van der Waals surface area contributed by atoms with Gasteiger partial charge in [-0.2, -0.15) is 0 Å². The number of ether oxygens (including phenoxy) is 10. The van der Waals surface area contributed by atoms with E-state index in [-0.39, 0.29) is 57.5 Å². The van der Waals surface area contributed by atoms with Gasteiger partial charge in [-0.3, -0.25) is 50.0 Å². The number of rotatable bonds is 38. The van der Waals surface area contributed by atoms with Crippen LogP contribution in [-0.2, 0) is 57.0 Å². The Morgan fingerprint density at radius 2 is 0.459 bits per heavy atom. The Bertz CT molecular complexity index is 6570. The van der Waals surface area contributed by atoms with Gasteiger partial charge in [-0.05, 0) is 259 Å². The number of hydrogen-bond donors (Lipinski definition) is 10. The van der Waals surface area contributed by atoms with E-state index in [1.165, 1.54) is 43.6 Å². The minimum atomic E-state index is -0.655. The van der Waals surface area contributed by atoms with Gasteiger partial charge in [-0.25, -0.2) is 27.4 Å². The van der Waals surface area contributed by atoms with Crippen LogP contribution in [0.3, 0.4) is 0 Å². The van der Waals surface area contributed by atoms with E-state index >= 15 is 0 Å². The zero-order valence-electron chi connectivity index (χ0n) is 82.4. The van der Waals surface area contributed by atoms with Crippen molar-refractivity contribution in [3.63, 3.8) is 0 Å². The number of hydrogen-bond acceptors (Lipinski definition) is 25. The first-order chi connectivity index (χ1) is 70.5. The third kappa shape index (κ3) is 35.5. The number of methoxy groups -OCH3 is 1. The predicted molar refractivity (Wildman–Crippen MR) is 566 cm³/mol. The van der Waals surface area contributed by atoms with E-state index in [0.717, 1.165) is 86.0 Å². The molecule has 0 saturated heterocycles. The standard InChI is InChI=1S/2C23H22BrNO5.2C23H22ClNO5.C19H16ClNO5.2Li/c4*1-15(2)9-11-29-23-21-18(10-12-28-21)13-17(5-8-20(26)25-27)22(23)30-14-16-3-6-19(24)7-4-16;1-24-19-17-14(8-9-25-17)10-13(4-7-16(22)21-23)18(19)26-11-12-2-5-15(20)6-3-12;;/h4*3-10,12-13,27H,11,14H2,1-2H3,(H,25,26);2-10,23H,11H2,1H3,(H,21,22);;/q;;;;;2*+1/b4*8-5+;7-4+;;. The summed E-state index contributed by atoms with van der Waals surface area (Å²) in [6.45, 7) is 18.6. The Balaban J connectivity index is 0.000000205. The first-order valence-electron chi connectivity index (χ1n) is 44.8. The molecule has 30 nitrogen and oxygen atoms in total. The summed E-state index contributed by atoms with van der Waals surface area (Å²) in [5.41, 5.74) is 22.8. The maximum Gasteiger partial charge on any atom is 1.00 e. The Hall–Kier alpha value is -14.3. The van der Waals surface area contributed by atoms with Crippen LogP contribution in [-0.4, -0.2) is 89.1 Å². The summed E-state index contributed by atoms with van der Waals surface area (Å²) in [6.07, 6.45) is 29.4. The number of nitrogens with one attached hydrogen (secondary N) is 5. The summed E-state index contributed by atoms with van der Waals surface area (Å²) >= 11 is 24.6. The number of carbonyl (C=O) groups is 5. The number of amides is 5. The zero-order valence-corrected chi connectivity index (χ0v) is 87.9. The van der Waals surface area contributed by atoms with Crippen molar-refractivity contribution in [2.24, 2.45) is 0 Å². The monoisotopic (exact) mass is 2180 g/mol. The minimum Gasteiger partial charge on any atom is -0.490 e. The van der Waals surface area contributed by atoms with Crippen LogP contribution < -0.4 is 112 Å². The van der Waals surface area contributed by atoms with Crippen LogP contribution in [0, 0.1) is 0 Å². The van der Waals surface area contributed by atoms with Gasteiger partial charge >= 0.3 is 37.7 Å².